The van der Waals surface area contributed by atoms with E-state index >= 15 is 0 Å². The lowest BCUT2D eigenvalue weighted by atomic mass is 10.0. The second-order valence-electron chi connectivity index (χ2n) is 7.96. The lowest BCUT2D eigenvalue weighted by Gasteiger charge is -2.36. The first-order valence-corrected chi connectivity index (χ1v) is 11.2. The van der Waals surface area contributed by atoms with Crippen LogP contribution in [0.25, 0.3) is 16.9 Å². The van der Waals surface area contributed by atoms with Crippen molar-refractivity contribution in [1.82, 2.24) is 19.2 Å². The molecule has 3 heterocycles. The van der Waals surface area contributed by atoms with Gasteiger partial charge in [0.1, 0.15) is 5.65 Å². The zero-order valence-electron chi connectivity index (χ0n) is 17.7. The lowest BCUT2D eigenvalue weighted by molar-refractivity contribution is -0.137. The van der Waals surface area contributed by atoms with Crippen molar-refractivity contribution in [2.24, 2.45) is 5.92 Å². The summed E-state index contributed by atoms with van der Waals surface area (Å²) in [5, 5.41) is 0.724. The third kappa shape index (κ3) is 4.23. The van der Waals surface area contributed by atoms with E-state index in [9.17, 15) is 4.79 Å². The number of imidazole rings is 1. The molecular formula is C24H29ClN4O. The zero-order chi connectivity index (χ0) is 21.1. The minimum atomic E-state index is 0.159. The smallest absolute Gasteiger partial charge is 0.225 e. The number of nitrogens with zero attached hydrogens (tertiary/aromatic N) is 4. The van der Waals surface area contributed by atoms with Crippen LogP contribution in [0.5, 0.6) is 0 Å². The van der Waals surface area contributed by atoms with Crippen molar-refractivity contribution < 1.29 is 4.79 Å². The molecule has 5 nitrogen and oxygen atoms in total. The van der Waals surface area contributed by atoms with Gasteiger partial charge in [0.25, 0.3) is 0 Å². The Morgan fingerprint density at radius 3 is 2.40 bits per heavy atom. The first-order chi connectivity index (χ1) is 14.6. The topological polar surface area (TPSA) is 40.9 Å². The van der Waals surface area contributed by atoms with E-state index in [2.05, 4.69) is 29.3 Å². The van der Waals surface area contributed by atoms with Gasteiger partial charge in [-0.2, -0.15) is 0 Å². The third-order valence-electron chi connectivity index (χ3n) is 6.14. The highest BCUT2D eigenvalue weighted by Crippen LogP contribution is 2.27. The summed E-state index contributed by atoms with van der Waals surface area (Å²) >= 11 is 6.09. The van der Waals surface area contributed by atoms with Crippen molar-refractivity contribution in [3.05, 3.63) is 59.4 Å². The summed E-state index contributed by atoms with van der Waals surface area (Å²) in [5.41, 5.74) is 4.18. The monoisotopic (exact) mass is 424 g/mol. The number of hydrogen-bond acceptors (Lipinski definition) is 3. The molecular weight excluding hydrogens is 396 g/mol. The molecule has 0 radical (unpaired) electrons. The first-order valence-electron chi connectivity index (χ1n) is 10.8. The van der Waals surface area contributed by atoms with Gasteiger partial charge in [-0.25, -0.2) is 4.98 Å². The van der Waals surface area contributed by atoms with Gasteiger partial charge in [-0.3, -0.25) is 9.69 Å². The quantitative estimate of drug-likeness (QED) is 0.574. The predicted molar refractivity (Wildman–Crippen MR) is 122 cm³/mol. The van der Waals surface area contributed by atoms with Gasteiger partial charge >= 0.3 is 0 Å². The molecule has 1 aliphatic rings. The van der Waals surface area contributed by atoms with Crippen LogP contribution in [0.15, 0.2) is 48.7 Å². The molecule has 0 atom stereocenters. The van der Waals surface area contributed by atoms with E-state index in [-0.39, 0.29) is 5.92 Å². The molecule has 3 aromatic rings. The van der Waals surface area contributed by atoms with Gasteiger partial charge in [-0.1, -0.05) is 43.6 Å². The van der Waals surface area contributed by atoms with Gasteiger partial charge in [-0.05, 0) is 37.1 Å². The SMILES string of the molecule is CCC(CC)C(=O)N1CCN(Cc2c(-c3ccc(Cl)cc3)nc3ccccn23)CC1. The van der Waals surface area contributed by atoms with Crippen LogP contribution < -0.4 is 0 Å². The summed E-state index contributed by atoms with van der Waals surface area (Å²) < 4.78 is 2.17. The normalized spacial score (nSPS) is 15.3. The maximum absolute atomic E-state index is 12.7. The largest absolute Gasteiger partial charge is 0.340 e. The Labute approximate surface area is 183 Å². The average Bonchev–Trinajstić information content (AvgIpc) is 3.14. The molecule has 4 rings (SSSR count). The number of benzene rings is 1. The maximum Gasteiger partial charge on any atom is 0.225 e. The summed E-state index contributed by atoms with van der Waals surface area (Å²) in [5.74, 6) is 0.475. The molecule has 0 N–H and O–H groups in total. The standard InChI is InChI=1S/C24H29ClN4O/c1-3-18(4-2)24(30)28-15-13-27(14-16-28)17-21-23(19-8-10-20(25)11-9-19)26-22-7-5-6-12-29(21)22/h5-12,18H,3-4,13-17H2,1-2H3. The Bertz CT molecular complexity index is 1000. The Balaban J connectivity index is 1.54. The number of rotatable bonds is 6. The number of hydrogen-bond donors (Lipinski definition) is 0. The first kappa shape index (κ1) is 20.9. The van der Waals surface area contributed by atoms with Gasteiger partial charge in [0, 0.05) is 55.4 Å². The van der Waals surface area contributed by atoms with Crippen LogP contribution >= 0.6 is 11.6 Å². The molecule has 0 unspecified atom stereocenters. The number of aromatic nitrogens is 2. The molecule has 1 aliphatic heterocycles. The lowest BCUT2D eigenvalue weighted by Crippen LogP contribution is -2.50. The van der Waals surface area contributed by atoms with Gasteiger partial charge in [0.2, 0.25) is 5.91 Å². The molecule has 30 heavy (non-hydrogen) atoms. The van der Waals surface area contributed by atoms with Gasteiger partial charge < -0.3 is 9.30 Å². The molecule has 0 saturated carbocycles. The maximum atomic E-state index is 12.7. The van der Waals surface area contributed by atoms with Crippen LogP contribution in [0.1, 0.15) is 32.4 Å². The molecule has 1 saturated heterocycles. The Morgan fingerprint density at radius 2 is 1.73 bits per heavy atom. The van der Waals surface area contributed by atoms with Gasteiger partial charge in [0.15, 0.2) is 0 Å². The Kier molecular flexibility index (Phi) is 6.40. The van der Waals surface area contributed by atoms with E-state index < -0.39 is 0 Å². The number of pyridine rings is 1. The fraction of sp³-hybridized carbons (Fsp3) is 0.417. The molecule has 2 aromatic heterocycles. The molecule has 0 aliphatic carbocycles. The highest BCUT2D eigenvalue weighted by atomic mass is 35.5. The molecule has 1 aromatic carbocycles. The highest BCUT2D eigenvalue weighted by molar-refractivity contribution is 6.30. The van der Waals surface area contributed by atoms with E-state index in [1.807, 2.05) is 47.4 Å². The zero-order valence-corrected chi connectivity index (χ0v) is 18.5. The number of carbonyl (C=O) groups is 1. The van der Waals surface area contributed by atoms with Gasteiger partial charge in [-0.15, -0.1) is 0 Å². The fourth-order valence-electron chi connectivity index (χ4n) is 4.27. The fourth-order valence-corrected chi connectivity index (χ4v) is 4.40. The van der Waals surface area contributed by atoms with Crippen molar-refractivity contribution >= 4 is 23.2 Å². The highest BCUT2D eigenvalue weighted by Gasteiger charge is 2.26. The Morgan fingerprint density at radius 1 is 1.03 bits per heavy atom. The van der Waals surface area contributed by atoms with E-state index in [1.54, 1.807) is 0 Å². The molecule has 1 amide bonds. The van der Waals surface area contributed by atoms with Gasteiger partial charge in [0.05, 0.1) is 11.4 Å². The minimum Gasteiger partial charge on any atom is -0.340 e. The number of fused-ring (bicyclic) bond motifs is 1. The summed E-state index contributed by atoms with van der Waals surface area (Å²) in [7, 11) is 0. The molecule has 158 valence electrons. The summed E-state index contributed by atoms with van der Waals surface area (Å²) in [4.78, 5) is 22.1. The van der Waals surface area contributed by atoms with Crippen LogP contribution in [0.2, 0.25) is 5.02 Å². The van der Waals surface area contributed by atoms with Crippen molar-refractivity contribution in [3.63, 3.8) is 0 Å². The van der Waals surface area contributed by atoms with E-state index in [4.69, 9.17) is 16.6 Å². The van der Waals surface area contributed by atoms with Crippen molar-refractivity contribution in [2.45, 2.75) is 33.2 Å². The van der Waals surface area contributed by atoms with Crippen LogP contribution in [0.4, 0.5) is 0 Å². The van der Waals surface area contributed by atoms with Crippen molar-refractivity contribution in [2.75, 3.05) is 26.2 Å². The molecule has 0 spiro atoms. The van der Waals surface area contributed by atoms with Crippen LogP contribution in [-0.4, -0.2) is 51.3 Å². The van der Waals surface area contributed by atoms with E-state index in [0.717, 1.165) is 67.5 Å². The number of piperazine rings is 1. The average molecular weight is 425 g/mol. The number of halogens is 1. The summed E-state index contributed by atoms with van der Waals surface area (Å²) in [6.45, 7) is 8.36. The molecule has 0 bridgehead atoms. The summed E-state index contributed by atoms with van der Waals surface area (Å²) in [6.07, 6.45) is 3.91. The second-order valence-corrected chi connectivity index (χ2v) is 8.39. The van der Waals surface area contributed by atoms with E-state index in [1.165, 1.54) is 5.69 Å². The minimum absolute atomic E-state index is 0.159. The number of amides is 1. The Hall–Kier alpha value is -2.37. The predicted octanol–water partition coefficient (Wildman–Crippen LogP) is 4.74. The van der Waals surface area contributed by atoms with Crippen LogP contribution in [0, 0.1) is 5.92 Å². The third-order valence-corrected chi connectivity index (χ3v) is 6.39. The van der Waals surface area contributed by atoms with Crippen molar-refractivity contribution in [1.29, 1.82) is 0 Å². The molecule has 6 heteroatoms. The van der Waals surface area contributed by atoms with E-state index in [0.29, 0.717) is 5.91 Å². The number of carbonyl (C=O) groups excluding carboxylic acids is 1. The van der Waals surface area contributed by atoms with Crippen LogP contribution in [-0.2, 0) is 11.3 Å². The summed E-state index contributed by atoms with van der Waals surface area (Å²) in [6, 6.07) is 14.0. The van der Waals surface area contributed by atoms with Crippen LogP contribution in [0.3, 0.4) is 0 Å². The second kappa shape index (κ2) is 9.19. The van der Waals surface area contributed by atoms with Crippen molar-refractivity contribution in [3.8, 4) is 11.3 Å². The molecule has 1 fully saturated rings.